The smallest absolute Gasteiger partial charge is 0.130 e. The average Bonchev–Trinajstić information content (AvgIpc) is 2.37. The Morgan fingerprint density at radius 2 is 2.11 bits per heavy atom. The number of carbonyl (C=O) groups is 1. The molecule has 1 fully saturated rings. The van der Waals surface area contributed by atoms with Gasteiger partial charge in [-0.1, -0.05) is 0 Å². The van der Waals surface area contributed by atoms with Crippen molar-refractivity contribution in [2.24, 2.45) is 0 Å². The van der Waals surface area contributed by atoms with Crippen molar-refractivity contribution >= 4 is 5.78 Å². The Morgan fingerprint density at radius 1 is 1.39 bits per heavy atom. The highest BCUT2D eigenvalue weighted by Gasteiger charge is 2.18. The molecule has 4 heteroatoms. The molecule has 18 heavy (non-hydrogen) atoms. The van der Waals surface area contributed by atoms with Gasteiger partial charge in [0.2, 0.25) is 0 Å². The number of ether oxygens (including phenoxy) is 1. The molecule has 98 valence electrons. The minimum atomic E-state index is 0.188. The van der Waals surface area contributed by atoms with Crippen molar-refractivity contribution < 1.29 is 9.53 Å². The van der Waals surface area contributed by atoms with E-state index in [0.717, 1.165) is 43.3 Å². The summed E-state index contributed by atoms with van der Waals surface area (Å²) in [5.41, 5.74) is 2.11. The molecule has 1 aromatic heterocycles. The minimum absolute atomic E-state index is 0.188. The van der Waals surface area contributed by atoms with Gasteiger partial charge in [0, 0.05) is 43.4 Å². The van der Waals surface area contributed by atoms with Crippen LogP contribution in [0.5, 0.6) is 0 Å². The monoisotopic (exact) mass is 248 g/mol. The molecule has 0 amide bonds. The van der Waals surface area contributed by atoms with Crippen LogP contribution in [0.15, 0.2) is 6.07 Å². The highest BCUT2D eigenvalue weighted by molar-refractivity contribution is 5.75. The van der Waals surface area contributed by atoms with E-state index in [2.05, 4.69) is 16.0 Å². The van der Waals surface area contributed by atoms with Gasteiger partial charge in [-0.2, -0.15) is 0 Å². The lowest BCUT2D eigenvalue weighted by atomic mass is 9.96. The van der Waals surface area contributed by atoms with Crippen LogP contribution in [-0.2, 0) is 16.0 Å². The molecule has 0 aliphatic carbocycles. The summed E-state index contributed by atoms with van der Waals surface area (Å²) in [6.45, 7) is 5.23. The second kappa shape index (κ2) is 6.05. The highest BCUT2D eigenvalue weighted by Crippen LogP contribution is 2.25. The molecular weight excluding hydrogens is 228 g/mol. The molecule has 1 aromatic rings. The summed E-state index contributed by atoms with van der Waals surface area (Å²) in [6, 6.07) is 2.06. The van der Waals surface area contributed by atoms with Crippen LogP contribution >= 0.6 is 0 Å². The zero-order valence-electron chi connectivity index (χ0n) is 11.1. The Hall–Kier alpha value is -1.29. The Morgan fingerprint density at radius 3 is 2.78 bits per heavy atom. The third-order valence-electron chi connectivity index (χ3n) is 3.26. The lowest BCUT2D eigenvalue weighted by Gasteiger charge is -2.22. The van der Waals surface area contributed by atoms with Gasteiger partial charge < -0.3 is 9.53 Å². The van der Waals surface area contributed by atoms with Crippen LogP contribution in [0, 0.1) is 6.92 Å². The standard InChI is InChI=1S/C14H20N2O2/c1-10-9-13(12-5-7-18-8-6-12)16-14(15-10)4-3-11(2)17/h9,12H,3-8H2,1-2H3. The molecular formula is C14H20N2O2. The molecule has 0 aromatic carbocycles. The van der Waals surface area contributed by atoms with Crippen LogP contribution in [0.25, 0.3) is 0 Å². The zero-order chi connectivity index (χ0) is 13.0. The number of nitrogens with zero attached hydrogens (tertiary/aromatic N) is 2. The summed E-state index contributed by atoms with van der Waals surface area (Å²) in [4.78, 5) is 20.0. The maximum atomic E-state index is 11.0. The summed E-state index contributed by atoms with van der Waals surface area (Å²) in [6.07, 6.45) is 3.23. The van der Waals surface area contributed by atoms with Crippen molar-refractivity contribution in [3.8, 4) is 0 Å². The van der Waals surface area contributed by atoms with Crippen LogP contribution in [0.4, 0.5) is 0 Å². The molecule has 0 saturated carbocycles. The van der Waals surface area contributed by atoms with Gasteiger partial charge in [0.1, 0.15) is 11.6 Å². The molecule has 0 unspecified atom stereocenters. The molecule has 0 bridgehead atoms. The summed E-state index contributed by atoms with van der Waals surface area (Å²) in [7, 11) is 0. The summed E-state index contributed by atoms with van der Waals surface area (Å²) < 4.78 is 5.37. The molecule has 0 radical (unpaired) electrons. The number of aryl methyl sites for hydroxylation is 2. The van der Waals surface area contributed by atoms with E-state index in [1.165, 1.54) is 0 Å². The number of ketones is 1. The van der Waals surface area contributed by atoms with E-state index in [1.54, 1.807) is 6.92 Å². The van der Waals surface area contributed by atoms with E-state index in [9.17, 15) is 4.79 Å². The Balaban J connectivity index is 2.12. The van der Waals surface area contributed by atoms with Gasteiger partial charge in [0.15, 0.2) is 0 Å². The predicted molar refractivity (Wildman–Crippen MR) is 68.6 cm³/mol. The Kier molecular flexibility index (Phi) is 4.42. The van der Waals surface area contributed by atoms with Crippen LogP contribution in [0.2, 0.25) is 0 Å². The minimum Gasteiger partial charge on any atom is -0.381 e. The van der Waals surface area contributed by atoms with Gasteiger partial charge in [-0.25, -0.2) is 9.97 Å². The van der Waals surface area contributed by atoms with Crippen molar-refractivity contribution in [1.82, 2.24) is 9.97 Å². The molecule has 0 atom stereocenters. The SMILES string of the molecule is CC(=O)CCc1nc(C)cc(C2CCOCC2)n1. The maximum absolute atomic E-state index is 11.0. The molecule has 1 saturated heterocycles. The van der Waals surface area contributed by atoms with Crippen LogP contribution < -0.4 is 0 Å². The molecule has 2 rings (SSSR count). The zero-order valence-corrected chi connectivity index (χ0v) is 11.1. The number of carbonyl (C=O) groups excluding carboxylic acids is 1. The second-order valence-electron chi connectivity index (χ2n) is 4.94. The molecule has 0 N–H and O–H groups in total. The molecule has 1 aliphatic heterocycles. The normalized spacial score (nSPS) is 16.8. The Labute approximate surface area is 108 Å². The van der Waals surface area contributed by atoms with E-state index in [0.29, 0.717) is 18.8 Å². The van der Waals surface area contributed by atoms with Gasteiger partial charge in [0.25, 0.3) is 0 Å². The van der Waals surface area contributed by atoms with Crippen molar-refractivity contribution in [3.05, 3.63) is 23.3 Å². The fraction of sp³-hybridized carbons (Fsp3) is 0.643. The van der Waals surface area contributed by atoms with Gasteiger partial charge >= 0.3 is 0 Å². The third kappa shape index (κ3) is 3.60. The van der Waals surface area contributed by atoms with E-state index >= 15 is 0 Å². The summed E-state index contributed by atoms with van der Waals surface area (Å²) in [5.74, 6) is 1.47. The van der Waals surface area contributed by atoms with Gasteiger partial charge in [-0.15, -0.1) is 0 Å². The van der Waals surface area contributed by atoms with Gasteiger partial charge in [0.05, 0.1) is 0 Å². The first-order chi connectivity index (χ1) is 8.65. The van der Waals surface area contributed by atoms with Gasteiger partial charge in [-0.3, -0.25) is 0 Å². The topological polar surface area (TPSA) is 52.1 Å². The van der Waals surface area contributed by atoms with Crippen molar-refractivity contribution in [1.29, 1.82) is 0 Å². The number of rotatable bonds is 4. The first kappa shape index (κ1) is 13.1. The summed E-state index contributed by atoms with van der Waals surface area (Å²) in [5, 5.41) is 0. The van der Waals surface area contributed by atoms with E-state index in [4.69, 9.17) is 4.74 Å². The first-order valence-corrected chi connectivity index (χ1v) is 6.57. The second-order valence-corrected chi connectivity index (χ2v) is 4.94. The van der Waals surface area contributed by atoms with E-state index in [-0.39, 0.29) is 5.78 Å². The number of aromatic nitrogens is 2. The van der Waals surface area contributed by atoms with Crippen LogP contribution in [0.3, 0.4) is 0 Å². The van der Waals surface area contributed by atoms with E-state index < -0.39 is 0 Å². The molecule has 4 nitrogen and oxygen atoms in total. The maximum Gasteiger partial charge on any atom is 0.130 e. The largest absolute Gasteiger partial charge is 0.381 e. The lowest BCUT2D eigenvalue weighted by Crippen LogP contribution is -2.16. The van der Waals surface area contributed by atoms with Crippen LogP contribution in [-0.4, -0.2) is 29.0 Å². The highest BCUT2D eigenvalue weighted by atomic mass is 16.5. The first-order valence-electron chi connectivity index (χ1n) is 6.57. The quantitative estimate of drug-likeness (QED) is 0.819. The molecule has 1 aliphatic rings. The third-order valence-corrected chi connectivity index (χ3v) is 3.26. The molecule has 0 spiro atoms. The van der Waals surface area contributed by atoms with Crippen molar-refractivity contribution in [2.75, 3.05) is 13.2 Å². The number of hydrogen-bond acceptors (Lipinski definition) is 4. The fourth-order valence-corrected chi connectivity index (χ4v) is 2.26. The van der Waals surface area contributed by atoms with Gasteiger partial charge in [-0.05, 0) is 32.8 Å². The average molecular weight is 248 g/mol. The number of hydrogen-bond donors (Lipinski definition) is 0. The Bertz CT molecular complexity index is 426. The molecule has 2 heterocycles. The van der Waals surface area contributed by atoms with Crippen molar-refractivity contribution in [2.45, 2.75) is 45.4 Å². The van der Waals surface area contributed by atoms with E-state index in [1.807, 2.05) is 6.92 Å². The lowest BCUT2D eigenvalue weighted by molar-refractivity contribution is -0.117. The van der Waals surface area contributed by atoms with Crippen LogP contribution in [0.1, 0.15) is 49.3 Å². The fourth-order valence-electron chi connectivity index (χ4n) is 2.26. The predicted octanol–water partition coefficient (Wildman–Crippen LogP) is 2.20. The van der Waals surface area contributed by atoms with Crippen molar-refractivity contribution in [3.63, 3.8) is 0 Å². The summed E-state index contributed by atoms with van der Waals surface area (Å²) >= 11 is 0. The number of Topliss-reactive ketones (excluding diaryl/α,β-unsaturated/α-hetero) is 1.